The van der Waals surface area contributed by atoms with Gasteiger partial charge in [0.2, 0.25) is 0 Å². The van der Waals surface area contributed by atoms with Crippen LogP contribution in [0.1, 0.15) is 5.56 Å². The maximum atomic E-state index is 6.02. The van der Waals surface area contributed by atoms with Crippen molar-refractivity contribution in [3.8, 4) is 5.75 Å². The van der Waals surface area contributed by atoms with Gasteiger partial charge in [0.15, 0.2) is 0 Å². The van der Waals surface area contributed by atoms with Gasteiger partial charge in [0.05, 0.1) is 12.6 Å². The van der Waals surface area contributed by atoms with Crippen LogP contribution in [-0.2, 0) is 0 Å². The number of nitrogens with zero attached hydrogens (tertiary/aromatic N) is 2. The highest BCUT2D eigenvalue weighted by molar-refractivity contribution is 6.32. The number of fused-ring (bicyclic) bond motifs is 1. The molecule has 3 nitrogen and oxygen atoms in total. The Labute approximate surface area is 98.7 Å². The van der Waals surface area contributed by atoms with E-state index in [4.69, 9.17) is 16.3 Å². The van der Waals surface area contributed by atoms with E-state index >= 15 is 0 Å². The first-order valence-electron chi connectivity index (χ1n) is 4.81. The van der Waals surface area contributed by atoms with Gasteiger partial charge in [-0.05, 0) is 24.3 Å². The van der Waals surface area contributed by atoms with Crippen LogP contribution in [0.4, 0.5) is 0 Å². The summed E-state index contributed by atoms with van der Waals surface area (Å²) in [7, 11) is 3.34. The molecule has 2 aromatic rings. The normalized spacial score (nSPS) is 11.2. The molecule has 0 amide bonds. The maximum Gasteiger partial charge on any atom is 0.138 e. The third kappa shape index (κ3) is 1.99. The van der Waals surface area contributed by atoms with Crippen molar-refractivity contribution in [2.75, 3.05) is 14.2 Å². The summed E-state index contributed by atoms with van der Waals surface area (Å²) in [6, 6.07) is 7.61. The fraction of sp³-hybridized carbons (Fsp3) is 0.167. The third-order valence-electron chi connectivity index (χ3n) is 2.27. The molecule has 0 bridgehead atoms. The quantitative estimate of drug-likeness (QED) is 0.592. The number of methoxy groups -OCH3 is 1. The first-order chi connectivity index (χ1) is 7.74. The highest BCUT2D eigenvalue weighted by Crippen LogP contribution is 2.23. The van der Waals surface area contributed by atoms with Crippen molar-refractivity contribution in [2.24, 2.45) is 4.99 Å². The van der Waals surface area contributed by atoms with Gasteiger partial charge in [0.1, 0.15) is 10.9 Å². The van der Waals surface area contributed by atoms with Crippen LogP contribution in [0.15, 0.2) is 29.3 Å². The van der Waals surface area contributed by atoms with E-state index in [2.05, 4.69) is 9.98 Å². The Morgan fingerprint density at radius 3 is 2.88 bits per heavy atom. The zero-order valence-electron chi connectivity index (χ0n) is 9.07. The summed E-state index contributed by atoms with van der Waals surface area (Å²) < 4.78 is 5.16. The SMILES string of the molecule is CN=Cc1cc2cc(OC)ccc2nc1Cl. The van der Waals surface area contributed by atoms with E-state index in [1.54, 1.807) is 20.4 Å². The Bertz CT molecular complexity index is 552. The molecule has 1 aromatic heterocycles. The molecule has 0 spiro atoms. The zero-order chi connectivity index (χ0) is 11.5. The van der Waals surface area contributed by atoms with Crippen molar-refractivity contribution in [1.29, 1.82) is 0 Å². The number of benzene rings is 1. The topological polar surface area (TPSA) is 34.5 Å². The van der Waals surface area contributed by atoms with E-state index in [-0.39, 0.29) is 0 Å². The molecule has 0 saturated carbocycles. The van der Waals surface area contributed by atoms with Gasteiger partial charge in [-0.2, -0.15) is 0 Å². The Kier molecular flexibility index (Phi) is 3.06. The smallest absolute Gasteiger partial charge is 0.138 e. The lowest BCUT2D eigenvalue weighted by molar-refractivity contribution is 0.415. The molecule has 82 valence electrons. The van der Waals surface area contributed by atoms with E-state index in [1.165, 1.54) is 0 Å². The second kappa shape index (κ2) is 4.49. The number of hydrogen-bond acceptors (Lipinski definition) is 3. The summed E-state index contributed by atoms with van der Waals surface area (Å²) in [6.07, 6.45) is 1.69. The summed E-state index contributed by atoms with van der Waals surface area (Å²) >= 11 is 6.02. The van der Waals surface area contributed by atoms with Crippen LogP contribution in [0.25, 0.3) is 10.9 Å². The van der Waals surface area contributed by atoms with Gasteiger partial charge < -0.3 is 4.74 Å². The van der Waals surface area contributed by atoms with Crippen molar-refractivity contribution < 1.29 is 4.74 Å². The van der Waals surface area contributed by atoms with E-state index in [1.807, 2.05) is 24.3 Å². The standard InChI is InChI=1S/C12H11ClN2O/c1-14-7-9-5-8-6-10(16-2)3-4-11(8)15-12(9)13/h3-7H,1-2H3. The van der Waals surface area contributed by atoms with E-state index in [0.29, 0.717) is 5.15 Å². The zero-order valence-corrected chi connectivity index (χ0v) is 9.82. The fourth-order valence-corrected chi connectivity index (χ4v) is 1.70. The van der Waals surface area contributed by atoms with Gasteiger partial charge in [0.25, 0.3) is 0 Å². The second-order valence-corrected chi connectivity index (χ2v) is 3.67. The predicted octanol–water partition coefficient (Wildman–Crippen LogP) is 2.95. The first kappa shape index (κ1) is 10.9. The van der Waals surface area contributed by atoms with Crippen LogP contribution in [0.2, 0.25) is 5.15 Å². The van der Waals surface area contributed by atoms with E-state index < -0.39 is 0 Å². The minimum absolute atomic E-state index is 0.461. The van der Waals surface area contributed by atoms with Gasteiger partial charge in [0, 0.05) is 24.2 Å². The maximum absolute atomic E-state index is 6.02. The molecule has 0 aliphatic heterocycles. The first-order valence-corrected chi connectivity index (χ1v) is 5.19. The average molecular weight is 235 g/mol. The molecule has 16 heavy (non-hydrogen) atoms. The number of halogens is 1. The lowest BCUT2D eigenvalue weighted by atomic mass is 10.1. The number of rotatable bonds is 2. The number of hydrogen-bond donors (Lipinski definition) is 0. The molecule has 0 saturated heterocycles. The lowest BCUT2D eigenvalue weighted by Gasteiger charge is -2.04. The Morgan fingerprint density at radius 2 is 2.19 bits per heavy atom. The minimum Gasteiger partial charge on any atom is -0.497 e. The molecule has 0 unspecified atom stereocenters. The molecule has 1 aromatic carbocycles. The summed E-state index contributed by atoms with van der Waals surface area (Å²) in [5, 5.41) is 1.45. The lowest BCUT2D eigenvalue weighted by Crippen LogP contribution is -1.90. The Morgan fingerprint density at radius 1 is 1.38 bits per heavy atom. The predicted molar refractivity (Wildman–Crippen MR) is 66.8 cm³/mol. The van der Waals surface area contributed by atoms with Gasteiger partial charge >= 0.3 is 0 Å². The summed E-state index contributed by atoms with van der Waals surface area (Å²) in [5.41, 5.74) is 1.66. The van der Waals surface area contributed by atoms with Crippen LogP contribution >= 0.6 is 11.6 Å². The fourth-order valence-electron chi connectivity index (χ4n) is 1.50. The number of ether oxygens (including phenoxy) is 1. The monoisotopic (exact) mass is 234 g/mol. The van der Waals surface area contributed by atoms with Crippen LogP contribution in [0.3, 0.4) is 0 Å². The summed E-state index contributed by atoms with van der Waals surface area (Å²) in [6.45, 7) is 0. The van der Waals surface area contributed by atoms with Gasteiger partial charge in [-0.25, -0.2) is 4.98 Å². The molecule has 0 aliphatic rings. The molecule has 0 atom stereocenters. The molecule has 0 radical (unpaired) electrons. The van der Waals surface area contributed by atoms with Crippen LogP contribution < -0.4 is 4.74 Å². The van der Waals surface area contributed by atoms with Crippen LogP contribution in [-0.4, -0.2) is 25.4 Å². The van der Waals surface area contributed by atoms with E-state index in [0.717, 1.165) is 22.2 Å². The van der Waals surface area contributed by atoms with Crippen molar-refractivity contribution >= 4 is 28.7 Å². The van der Waals surface area contributed by atoms with Crippen molar-refractivity contribution in [3.63, 3.8) is 0 Å². The summed E-state index contributed by atoms with van der Waals surface area (Å²) in [4.78, 5) is 8.22. The molecule has 4 heteroatoms. The van der Waals surface area contributed by atoms with Crippen molar-refractivity contribution in [1.82, 2.24) is 4.98 Å². The Balaban J connectivity index is 2.65. The second-order valence-electron chi connectivity index (χ2n) is 3.31. The van der Waals surface area contributed by atoms with Gasteiger partial charge in [-0.1, -0.05) is 11.6 Å². The van der Waals surface area contributed by atoms with Crippen molar-refractivity contribution in [2.45, 2.75) is 0 Å². The molecule has 0 fully saturated rings. The molecular weight excluding hydrogens is 224 g/mol. The van der Waals surface area contributed by atoms with Crippen molar-refractivity contribution in [3.05, 3.63) is 35.0 Å². The average Bonchev–Trinajstić information content (AvgIpc) is 2.30. The van der Waals surface area contributed by atoms with Crippen LogP contribution in [0.5, 0.6) is 5.75 Å². The minimum atomic E-state index is 0.461. The molecular formula is C12H11ClN2O. The largest absolute Gasteiger partial charge is 0.497 e. The molecule has 1 heterocycles. The van der Waals surface area contributed by atoms with Gasteiger partial charge in [-0.3, -0.25) is 4.99 Å². The summed E-state index contributed by atoms with van der Waals surface area (Å²) in [5.74, 6) is 0.802. The highest BCUT2D eigenvalue weighted by atomic mass is 35.5. The number of aromatic nitrogens is 1. The highest BCUT2D eigenvalue weighted by Gasteiger charge is 2.03. The molecule has 0 N–H and O–H groups in total. The molecule has 0 aliphatic carbocycles. The molecule has 2 rings (SSSR count). The third-order valence-corrected chi connectivity index (χ3v) is 2.57. The Hall–Kier alpha value is -1.61. The van der Waals surface area contributed by atoms with E-state index in [9.17, 15) is 0 Å². The number of pyridine rings is 1. The number of aliphatic imine (C=N–C) groups is 1. The van der Waals surface area contributed by atoms with Gasteiger partial charge in [-0.15, -0.1) is 0 Å². The van der Waals surface area contributed by atoms with Crippen LogP contribution in [0, 0.1) is 0 Å².